The van der Waals surface area contributed by atoms with Crippen LogP contribution >= 0.6 is 0 Å². The molecule has 2 atom stereocenters. The fourth-order valence-corrected chi connectivity index (χ4v) is 3.85. The van der Waals surface area contributed by atoms with Crippen molar-refractivity contribution in [3.05, 3.63) is 95.1 Å². The molecule has 2 unspecified atom stereocenters. The predicted octanol–water partition coefficient (Wildman–Crippen LogP) is 6.24. The highest BCUT2D eigenvalue weighted by molar-refractivity contribution is 5.49. The number of rotatable bonds is 2. The van der Waals surface area contributed by atoms with Crippen LogP contribution < -0.4 is 0 Å². The summed E-state index contributed by atoms with van der Waals surface area (Å²) in [6.45, 7) is 4.37. The fraction of sp³-hybridized carbons (Fsp3) is 0.273. The van der Waals surface area contributed by atoms with Gasteiger partial charge in [0.05, 0.1) is 0 Å². The minimum atomic E-state index is 0.539. The standard InChI is InChI=1S/C22H24/c1-3-19-20(4-2)22(18-13-9-6-10-14-18)16-15-21(19)17-11-7-5-8-12-17/h3-14,21-22H,15-16H2,1-2H3. The van der Waals surface area contributed by atoms with E-state index in [2.05, 4.69) is 86.7 Å². The molecule has 0 spiro atoms. The van der Waals surface area contributed by atoms with Crippen molar-refractivity contribution in [3.8, 4) is 0 Å². The SMILES string of the molecule is CC=C1C(=CC)C(c2ccccc2)CCC1c1ccccc1. The average molecular weight is 288 g/mol. The third kappa shape index (κ3) is 2.78. The maximum atomic E-state index is 2.32. The normalized spacial score (nSPS) is 25.5. The van der Waals surface area contributed by atoms with Crippen LogP contribution in [0.1, 0.15) is 49.7 Å². The maximum absolute atomic E-state index is 2.32. The number of benzene rings is 2. The molecule has 1 saturated carbocycles. The van der Waals surface area contributed by atoms with Gasteiger partial charge in [-0.15, -0.1) is 0 Å². The van der Waals surface area contributed by atoms with E-state index in [0.29, 0.717) is 11.8 Å². The van der Waals surface area contributed by atoms with Gasteiger partial charge in [-0.3, -0.25) is 0 Å². The minimum absolute atomic E-state index is 0.539. The Balaban J connectivity index is 1.97. The maximum Gasteiger partial charge on any atom is 0.00892 e. The molecule has 0 aliphatic heterocycles. The summed E-state index contributed by atoms with van der Waals surface area (Å²) in [5.41, 5.74) is 5.91. The van der Waals surface area contributed by atoms with Crippen LogP contribution in [0.3, 0.4) is 0 Å². The molecule has 2 aromatic carbocycles. The molecule has 112 valence electrons. The Morgan fingerprint density at radius 2 is 1.00 bits per heavy atom. The highest BCUT2D eigenvalue weighted by atomic mass is 14.3. The van der Waals surface area contributed by atoms with Crippen molar-refractivity contribution in [3.63, 3.8) is 0 Å². The van der Waals surface area contributed by atoms with Gasteiger partial charge in [0.15, 0.2) is 0 Å². The zero-order valence-corrected chi connectivity index (χ0v) is 13.5. The molecule has 1 aliphatic rings. The quantitative estimate of drug-likeness (QED) is 0.613. The highest BCUT2D eigenvalue weighted by Crippen LogP contribution is 2.47. The van der Waals surface area contributed by atoms with Gasteiger partial charge in [0.25, 0.3) is 0 Å². The first-order valence-electron chi connectivity index (χ1n) is 8.27. The van der Waals surface area contributed by atoms with E-state index in [1.807, 2.05) is 0 Å². The lowest BCUT2D eigenvalue weighted by Crippen LogP contribution is -2.18. The van der Waals surface area contributed by atoms with E-state index in [-0.39, 0.29) is 0 Å². The lowest BCUT2D eigenvalue weighted by atomic mass is 9.69. The van der Waals surface area contributed by atoms with Gasteiger partial charge < -0.3 is 0 Å². The molecule has 0 radical (unpaired) electrons. The second-order valence-corrected chi connectivity index (χ2v) is 5.99. The Morgan fingerprint density at radius 1 is 0.636 bits per heavy atom. The molecule has 0 saturated heterocycles. The van der Waals surface area contributed by atoms with Crippen LogP contribution in [-0.4, -0.2) is 0 Å². The van der Waals surface area contributed by atoms with Gasteiger partial charge in [-0.25, -0.2) is 0 Å². The van der Waals surface area contributed by atoms with Crippen LogP contribution in [0, 0.1) is 0 Å². The molecule has 1 fully saturated rings. The third-order valence-electron chi connectivity index (χ3n) is 4.85. The van der Waals surface area contributed by atoms with Gasteiger partial charge in [-0.05, 0) is 49.0 Å². The van der Waals surface area contributed by atoms with Gasteiger partial charge in [-0.1, -0.05) is 72.8 Å². The molecule has 0 N–H and O–H groups in total. The zero-order chi connectivity index (χ0) is 15.4. The molecule has 0 heteroatoms. The van der Waals surface area contributed by atoms with E-state index >= 15 is 0 Å². The molecule has 0 amide bonds. The monoisotopic (exact) mass is 288 g/mol. The van der Waals surface area contributed by atoms with Crippen molar-refractivity contribution in [1.29, 1.82) is 0 Å². The number of hydrogen-bond acceptors (Lipinski definition) is 0. The van der Waals surface area contributed by atoms with Crippen molar-refractivity contribution >= 4 is 0 Å². The summed E-state index contributed by atoms with van der Waals surface area (Å²) in [7, 11) is 0. The van der Waals surface area contributed by atoms with Gasteiger partial charge in [0.2, 0.25) is 0 Å². The second kappa shape index (κ2) is 6.79. The summed E-state index contributed by atoms with van der Waals surface area (Å²) in [4.78, 5) is 0. The molecule has 2 aromatic rings. The van der Waals surface area contributed by atoms with Crippen molar-refractivity contribution < 1.29 is 0 Å². The molecule has 0 heterocycles. The van der Waals surface area contributed by atoms with E-state index in [4.69, 9.17) is 0 Å². The molecular weight excluding hydrogens is 264 g/mol. The molecule has 22 heavy (non-hydrogen) atoms. The van der Waals surface area contributed by atoms with Gasteiger partial charge in [-0.2, -0.15) is 0 Å². The van der Waals surface area contributed by atoms with Gasteiger partial charge in [0, 0.05) is 11.8 Å². The van der Waals surface area contributed by atoms with Crippen molar-refractivity contribution in [2.75, 3.05) is 0 Å². The summed E-state index contributed by atoms with van der Waals surface area (Å²) in [5, 5.41) is 0. The number of allylic oxidation sites excluding steroid dienone is 4. The van der Waals surface area contributed by atoms with Crippen LogP contribution in [0.2, 0.25) is 0 Å². The highest BCUT2D eigenvalue weighted by Gasteiger charge is 2.30. The van der Waals surface area contributed by atoms with Crippen molar-refractivity contribution in [2.45, 2.75) is 38.5 Å². The van der Waals surface area contributed by atoms with Crippen LogP contribution in [0.4, 0.5) is 0 Å². The first-order valence-corrected chi connectivity index (χ1v) is 8.27. The molecule has 0 bridgehead atoms. The lowest BCUT2D eigenvalue weighted by Gasteiger charge is -2.35. The fourth-order valence-electron chi connectivity index (χ4n) is 3.85. The van der Waals surface area contributed by atoms with Crippen LogP contribution in [-0.2, 0) is 0 Å². The number of hydrogen-bond donors (Lipinski definition) is 0. The topological polar surface area (TPSA) is 0 Å². The minimum Gasteiger partial charge on any atom is -0.0835 e. The van der Waals surface area contributed by atoms with Gasteiger partial charge >= 0.3 is 0 Å². The van der Waals surface area contributed by atoms with Crippen LogP contribution in [0.5, 0.6) is 0 Å². The largest absolute Gasteiger partial charge is 0.0835 e. The van der Waals surface area contributed by atoms with Gasteiger partial charge in [0.1, 0.15) is 0 Å². The average Bonchev–Trinajstić information content (AvgIpc) is 2.61. The Morgan fingerprint density at radius 3 is 1.32 bits per heavy atom. The second-order valence-electron chi connectivity index (χ2n) is 5.99. The summed E-state index contributed by atoms with van der Waals surface area (Å²) >= 11 is 0. The smallest absolute Gasteiger partial charge is 0.00892 e. The zero-order valence-electron chi connectivity index (χ0n) is 13.5. The Hall–Kier alpha value is -2.08. The predicted molar refractivity (Wildman–Crippen MR) is 95.1 cm³/mol. The Labute approximate surface area is 134 Å². The van der Waals surface area contributed by atoms with E-state index in [9.17, 15) is 0 Å². The summed E-state index contributed by atoms with van der Waals surface area (Å²) in [6, 6.07) is 21.9. The van der Waals surface area contributed by atoms with E-state index in [1.54, 1.807) is 0 Å². The molecule has 0 aromatic heterocycles. The molecule has 1 aliphatic carbocycles. The Kier molecular flexibility index (Phi) is 4.58. The Bertz CT molecular complexity index is 600. The molecule has 0 nitrogen and oxygen atoms in total. The van der Waals surface area contributed by atoms with Crippen LogP contribution in [0.15, 0.2) is 84.0 Å². The summed E-state index contributed by atoms with van der Waals surface area (Å²) in [6.07, 6.45) is 7.09. The molecular formula is C22H24. The summed E-state index contributed by atoms with van der Waals surface area (Å²) < 4.78 is 0. The van der Waals surface area contributed by atoms with E-state index < -0.39 is 0 Å². The third-order valence-corrected chi connectivity index (χ3v) is 4.85. The van der Waals surface area contributed by atoms with E-state index in [1.165, 1.54) is 35.1 Å². The summed E-state index contributed by atoms with van der Waals surface area (Å²) in [5.74, 6) is 1.08. The lowest BCUT2D eigenvalue weighted by molar-refractivity contribution is 0.552. The van der Waals surface area contributed by atoms with E-state index in [0.717, 1.165) is 0 Å². The van der Waals surface area contributed by atoms with Crippen molar-refractivity contribution in [1.82, 2.24) is 0 Å². The van der Waals surface area contributed by atoms with Crippen molar-refractivity contribution in [2.24, 2.45) is 0 Å². The molecule has 3 rings (SSSR count). The first kappa shape index (κ1) is 14.8. The first-order chi connectivity index (χ1) is 10.8. The van der Waals surface area contributed by atoms with Crippen LogP contribution in [0.25, 0.3) is 0 Å².